The molecule has 12 rings (SSSR count). The number of benzene rings is 9. The summed E-state index contributed by atoms with van der Waals surface area (Å²) < 4.78 is 101. The highest BCUT2D eigenvalue weighted by Gasteiger charge is 2.61. The molecule has 3 heterocycles. The first kappa shape index (κ1) is 75.3. The summed E-state index contributed by atoms with van der Waals surface area (Å²) in [5, 5.41) is 13.3. The summed E-state index contributed by atoms with van der Waals surface area (Å²) in [7, 11) is 2.40. The van der Waals surface area contributed by atoms with Crippen molar-refractivity contribution >= 4 is 53.7 Å². The fourth-order valence-electron chi connectivity index (χ4n) is 11.9. The Balaban J connectivity index is 1.04. The predicted molar refractivity (Wildman–Crippen MR) is 375 cm³/mol. The van der Waals surface area contributed by atoms with Gasteiger partial charge in [0.05, 0.1) is 58.7 Å². The molecule has 15 atom stereocenters. The molecule has 3 aliphatic heterocycles. The van der Waals surface area contributed by atoms with Crippen molar-refractivity contribution < 1.29 is 124 Å². The summed E-state index contributed by atoms with van der Waals surface area (Å²) in [6.45, 7) is -1.72. The first-order valence-electron chi connectivity index (χ1n) is 34.0. The summed E-state index contributed by atoms with van der Waals surface area (Å²) in [6, 6.07) is 66.2. The second-order valence-corrected chi connectivity index (χ2v) is 24.4. The van der Waals surface area contributed by atoms with Crippen LogP contribution in [0.5, 0.6) is 11.5 Å². The third-order valence-corrected chi connectivity index (χ3v) is 17.3. The number of hydrogen-bond donors (Lipinski definition) is 1. The predicted octanol–water partition coefficient (Wildman–Crippen LogP) is 9.62. The van der Waals surface area contributed by atoms with Crippen molar-refractivity contribution in [3.8, 4) is 11.5 Å². The quantitative estimate of drug-likeness (QED) is 0.0389. The van der Waals surface area contributed by atoms with Gasteiger partial charge in [0.2, 0.25) is 6.29 Å². The van der Waals surface area contributed by atoms with Crippen LogP contribution < -0.4 is 9.47 Å². The lowest BCUT2D eigenvalue weighted by molar-refractivity contribution is -0.373. The highest BCUT2D eigenvalue weighted by atomic mass is 16.8. The number of carbonyl (C=O) groups excluding carboxylic acids is 9. The van der Waals surface area contributed by atoms with Gasteiger partial charge >= 0.3 is 53.7 Å². The Morgan fingerprint density at radius 3 is 0.954 bits per heavy atom. The van der Waals surface area contributed by atoms with Gasteiger partial charge in [-0.1, -0.05) is 146 Å². The van der Waals surface area contributed by atoms with Crippen molar-refractivity contribution in [2.45, 2.75) is 92.1 Å². The van der Waals surface area contributed by atoms with Gasteiger partial charge in [-0.25, -0.2) is 43.2 Å². The van der Waals surface area contributed by atoms with Gasteiger partial charge in [0.25, 0.3) is 0 Å². The van der Waals surface area contributed by atoms with Crippen LogP contribution in [0.4, 0.5) is 0 Å². The maximum Gasteiger partial charge on any atom is 0.339 e. The van der Waals surface area contributed by atoms with Crippen molar-refractivity contribution in [1.29, 1.82) is 0 Å². The highest BCUT2D eigenvalue weighted by Crippen LogP contribution is 2.40. The first-order chi connectivity index (χ1) is 52.6. The summed E-state index contributed by atoms with van der Waals surface area (Å²) in [6.07, 6.45) is -32.0. The molecule has 0 radical (unpaired) electrons. The van der Waals surface area contributed by atoms with Crippen LogP contribution in [-0.4, -0.2) is 178 Å². The molecule has 0 aromatic heterocycles. The molecule has 9 aromatic carbocycles. The molecule has 3 fully saturated rings. The second-order valence-electron chi connectivity index (χ2n) is 24.4. The smallest absolute Gasteiger partial charge is 0.339 e. The zero-order chi connectivity index (χ0) is 75.5. The molecule has 1 N–H and O–H groups in total. The maximum absolute atomic E-state index is 15.2. The van der Waals surface area contributed by atoms with E-state index < -0.39 is 159 Å². The first-order valence-corrected chi connectivity index (χ1v) is 34.0. The van der Waals surface area contributed by atoms with Crippen molar-refractivity contribution in [2.75, 3.05) is 27.4 Å². The Kier molecular flexibility index (Phi) is 25.1. The number of aliphatic hydroxyl groups is 1. The molecule has 554 valence electrons. The topological polar surface area (TPSA) is 322 Å². The van der Waals surface area contributed by atoms with E-state index in [0.29, 0.717) is 5.75 Å². The van der Waals surface area contributed by atoms with E-state index in [0.717, 1.165) is 7.11 Å². The van der Waals surface area contributed by atoms with Crippen LogP contribution in [0, 0.1) is 0 Å². The van der Waals surface area contributed by atoms with Crippen LogP contribution >= 0.6 is 0 Å². The van der Waals surface area contributed by atoms with Gasteiger partial charge in [-0.15, -0.1) is 0 Å². The minimum Gasteiger partial charge on any atom is -0.497 e. The lowest BCUT2D eigenvalue weighted by Gasteiger charge is -2.50. The number of aliphatic hydroxyl groups excluding tert-OH is 1. The standard InChI is InChI=1S/C82H70O26/c1-93-57-43-45-58(46-44-57)97-80-69(104-77(90)55-39-23-9-24-40-55)64(62(100-73(86)51-31-15-5-16-32-51)60(99-80)48-96-72(85)50-29-13-4-14-30-50)107-81-68(103-76(89)54-37-21-8-22-38-54)63(61(83)59(98-81)47-95-71(84)49-27-11-3-12-28-49)106-82-70(105-78(91)56-41-25-10-26-42-56)66(102-75(88)53-35-19-7-20-36-53)65(67(108-82)79(92)94-2)101-74(87)52-33-17-6-18-34-52/h3-46,59-70,80-83H,47-48H2,1-2H3/t59-,60-,61+,62+,63+,64+,65+,66+,67+,68-,69-,70-,80-,81+,82-/m1/s1. The number of esters is 9. The van der Waals surface area contributed by atoms with Crippen molar-refractivity contribution in [3.63, 3.8) is 0 Å². The molecule has 9 aromatic rings. The van der Waals surface area contributed by atoms with Gasteiger partial charge in [0.1, 0.15) is 55.2 Å². The third kappa shape index (κ3) is 18.6. The molecule has 0 unspecified atom stereocenters. The zero-order valence-electron chi connectivity index (χ0n) is 57.6. The normalized spacial score (nSPS) is 23.6. The SMILES string of the molecule is COC(=O)[C@H]1O[C@@H](O[C@H]2[C@@H](O)[C@@H](COC(=O)c3ccccc3)O[C@@H](O[C@H]3[C@@H](OC(=O)c4ccccc4)[C@@H](COC(=O)c4ccccc4)O[C@@H](Oc4ccc(OC)cc4)[C@@H]3OC(=O)c3ccccc3)[C@@H]2OC(=O)c2ccccc2)[C@H](OC(=O)c2ccccc2)[C@@H](OC(=O)c2ccccc2)[C@@H]1OC(=O)c1ccccc1. The lowest BCUT2D eigenvalue weighted by atomic mass is 9.95. The van der Waals surface area contributed by atoms with Crippen LogP contribution in [-0.2, 0) is 71.1 Å². The minimum absolute atomic E-state index is 0.0273. The van der Waals surface area contributed by atoms with Gasteiger partial charge in [0, 0.05) is 0 Å². The van der Waals surface area contributed by atoms with Gasteiger partial charge in [-0.05, 0) is 121 Å². The van der Waals surface area contributed by atoms with Crippen LogP contribution in [0.15, 0.2) is 267 Å². The number of hydrogen-bond acceptors (Lipinski definition) is 26. The van der Waals surface area contributed by atoms with Gasteiger partial charge in [-0.3, -0.25) is 0 Å². The van der Waals surface area contributed by atoms with E-state index in [4.69, 9.17) is 75.8 Å². The number of carbonyl (C=O) groups is 9. The van der Waals surface area contributed by atoms with Crippen molar-refractivity contribution in [1.82, 2.24) is 0 Å². The number of rotatable bonds is 26. The fraction of sp³-hybridized carbons (Fsp3) is 0.232. The van der Waals surface area contributed by atoms with Crippen LogP contribution in [0.1, 0.15) is 82.9 Å². The number of ether oxygens (including phenoxy) is 16. The average Bonchev–Trinajstić information content (AvgIpc) is 0.760. The Hall–Kier alpha value is -12.4. The lowest BCUT2D eigenvalue weighted by Crippen LogP contribution is -2.69. The molecule has 0 bridgehead atoms. The molecular weight excluding hydrogens is 1400 g/mol. The van der Waals surface area contributed by atoms with Gasteiger partial charge in [0.15, 0.2) is 55.3 Å². The van der Waals surface area contributed by atoms with E-state index in [1.165, 1.54) is 165 Å². The molecule has 108 heavy (non-hydrogen) atoms. The molecule has 0 aliphatic carbocycles. The van der Waals surface area contributed by atoms with Crippen molar-refractivity contribution in [2.24, 2.45) is 0 Å². The number of methoxy groups -OCH3 is 2. The van der Waals surface area contributed by atoms with Gasteiger partial charge < -0.3 is 80.9 Å². The zero-order valence-corrected chi connectivity index (χ0v) is 57.6. The third-order valence-electron chi connectivity index (χ3n) is 17.3. The Morgan fingerprint density at radius 2 is 0.583 bits per heavy atom. The van der Waals surface area contributed by atoms with E-state index in [1.807, 2.05) is 0 Å². The van der Waals surface area contributed by atoms with E-state index in [1.54, 1.807) is 109 Å². The molecule has 0 saturated carbocycles. The Labute approximate surface area is 617 Å². The molecule has 0 amide bonds. The van der Waals surface area contributed by atoms with Crippen LogP contribution in [0.25, 0.3) is 0 Å². The summed E-state index contributed by atoms with van der Waals surface area (Å²) in [4.78, 5) is 132. The summed E-state index contributed by atoms with van der Waals surface area (Å²) in [5.74, 6) is -9.38. The van der Waals surface area contributed by atoms with E-state index in [9.17, 15) is 43.5 Å². The van der Waals surface area contributed by atoms with E-state index in [2.05, 4.69) is 0 Å². The molecule has 3 aliphatic rings. The molecule has 3 saturated heterocycles. The maximum atomic E-state index is 15.2. The largest absolute Gasteiger partial charge is 0.497 e. The summed E-state index contributed by atoms with van der Waals surface area (Å²) in [5.41, 5.74) is -0.394. The van der Waals surface area contributed by atoms with Crippen LogP contribution in [0.3, 0.4) is 0 Å². The highest BCUT2D eigenvalue weighted by molar-refractivity contribution is 5.94. The fourth-order valence-corrected chi connectivity index (χ4v) is 11.9. The Bertz CT molecular complexity index is 4510. The molecule has 0 spiro atoms. The van der Waals surface area contributed by atoms with Crippen LogP contribution in [0.2, 0.25) is 0 Å². The summed E-state index contributed by atoms with van der Waals surface area (Å²) >= 11 is 0. The van der Waals surface area contributed by atoms with E-state index >= 15 is 4.79 Å². The van der Waals surface area contributed by atoms with E-state index in [-0.39, 0.29) is 50.3 Å². The molecule has 26 heteroatoms. The minimum atomic E-state index is -2.39. The molecule has 26 nitrogen and oxygen atoms in total. The molecular formula is C82H70O26. The second kappa shape index (κ2) is 36.0. The van der Waals surface area contributed by atoms with Crippen molar-refractivity contribution in [3.05, 3.63) is 311 Å². The Morgan fingerprint density at radius 1 is 0.296 bits per heavy atom. The van der Waals surface area contributed by atoms with Gasteiger partial charge in [-0.2, -0.15) is 0 Å². The monoisotopic (exact) mass is 1470 g/mol. The average molecular weight is 1470 g/mol.